The van der Waals surface area contributed by atoms with Gasteiger partial charge in [0.05, 0.1) is 18.7 Å². The molecule has 2 aromatic carbocycles. The monoisotopic (exact) mass is 400 g/mol. The zero-order valence-electron chi connectivity index (χ0n) is 14.5. The molecule has 0 saturated heterocycles. The summed E-state index contributed by atoms with van der Waals surface area (Å²) in [6.45, 7) is -0.450. The Morgan fingerprint density at radius 2 is 1.67 bits per heavy atom. The number of aliphatic hydroxyl groups is 1. The fourth-order valence-electron chi connectivity index (χ4n) is 2.46. The first kappa shape index (κ1) is 20.8. The highest BCUT2D eigenvalue weighted by Gasteiger charge is 2.22. The van der Waals surface area contributed by atoms with Crippen LogP contribution in [0.1, 0.15) is 15.4 Å². The van der Waals surface area contributed by atoms with E-state index in [2.05, 4.69) is 10.3 Å². The third-order valence-corrected chi connectivity index (χ3v) is 4.71. The van der Waals surface area contributed by atoms with E-state index < -0.39 is 12.6 Å². The maximum absolute atomic E-state index is 12.4. The van der Waals surface area contributed by atoms with Gasteiger partial charge in [0.1, 0.15) is 11.0 Å². The Labute approximate surface area is 168 Å². The van der Waals surface area contributed by atoms with E-state index in [-0.39, 0.29) is 31.6 Å². The first-order chi connectivity index (χ1) is 12.7. The summed E-state index contributed by atoms with van der Waals surface area (Å²) in [6.07, 6.45) is 0.0673. The molecule has 140 valence electrons. The fraction of sp³-hybridized carbons (Fsp3) is 0.150. The second kappa shape index (κ2) is 10.0. The lowest BCUT2D eigenvalue weighted by Crippen LogP contribution is -2.44. The van der Waals surface area contributed by atoms with Crippen LogP contribution in [-0.2, 0) is 11.2 Å². The van der Waals surface area contributed by atoms with Crippen LogP contribution in [0.5, 0.6) is 0 Å². The smallest absolute Gasteiger partial charge is 0.251 e. The van der Waals surface area contributed by atoms with Gasteiger partial charge in [-0.3, -0.25) is 9.59 Å². The molecule has 1 amide bonds. The Kier molecular flexibility index (Phi) is 7.72. The number of ketones is 1. The maximum Gasteiger partial charge on any atom is 0.251 e. The first-order valence-corrected chi connectivity index (χ1v) is 9.04. The molecule has 0 bridgehead atoms. The van der Waals surface area contributed by atoms with Crippen LogP contribution in [0.4, 0.5) is 0 Å². The van der Waals surface area contributed by atoms with Crippen molar-refractivity contribution in [1.82, 2.24) is 10.3 Å². The number of thiazole rings is 1. The van der Waals surface area contributed by atoms with Gasteiger partial charge in [0.25, 0.3) is 5.91 Å². The number of carbonyl (C=O) groups is 2. The van der Waals surface area contributed by atoms with Crippen LogP contribution in [0.2, 0.25) is 0 Å². The molecule has 0 unspecified atom stereocenters. The summed E-state index contributed by atoms with van der Waals surface area (Å²) < 4.78 is 0. The summed E-state index contributed by atoms with van der Waals surface area (Å²) >= 11 is 1.39. The Hall–Kier alpha value is -2.48. The highest BCUT2D eigenvalue weighted by atomic mass is 32.1. The molecule has 5 nitrogen and oxygen atoms in total. The van der Waals surface area contributed by atoms with E-state index in [0.29, 0.717) is 10.6 Å². The fourth-order valence-corrected chi connectivity index (χ4v) is 3.28. The highest BCUT2D eigenvalue weighted by molar-refractivity contribution is 7.59. The van der Waals surface area contributed by atoms with Crippen molar-refractivity contribution in [2.24, 2.45) is 0 Å². The predicted octanol–water partition coefficient (Wildman–Crippen LogP) is 2.83. The summed E-state index contributed by atoms with van der Waals surface area (Å²) in [4.78, 5) is 29.1. The average Bonchev–Trinajstić information content (AvgIpc) is 3.15. The summed E-state index contributed by atoms with van der Waals surface area (Å²) in [6, 6.07) is 17.3. The van der Waals surface area contributed by atoms with Gasteiger partial charge in [-0.2, -0.15) is 13.5 Å². The lowest BCUT2D eigenvalue weighted by molar-refractivity contribution is -0.121. The molecule has 2 N–H and O–H groups in total. The Bertz CT molecular complexity index is 883. The van der Waals surface area contributed by atoms with Gasteiger partial charge in [0, 0.05) is 16.5 Å². The molecular weight excluding hydrogens is 380 g/mol. The number of aliphatic hydroxyl groups excluding tert-OH is 1. The number of hydrogen-bond acceptors (Lipinski definition) is 5. The van der Waals surface area contributed by atoms with Crippen LogP contribution in [0.3, 0.4) is 0 Å². The molecule has 0 aliphatic rings. The van der Waals surface area contributed by atoms with Crippen LogP contribution < -0.4 is 5.32 Å². The Morgan fingerprint density at radius 3 is 2.30 bits per heavy atom. The number of benzene rings is 2. The molecule has 1 aromatic heterocycles. The zero-order valence-corrected chi connectivity index (χ0v) is 16.3. The Balaban J connectivity index is 0.00000261. The number of Topliss-reactive ketones (excluding diaryl/α,β-unsaturated/α-hetero) is 1. The van der Waals surface area contributed by atoms with Crippen molar-refractivity contribution in [2.75, 3.05) is 6.61 Å². The molecule has 3 rings (SSSR count). The number of nitrogens with zero attached hydrogens (tertiary/aromatic N) is 1. The molecule has 0 aliphatic heterocycles. The van der Waals surface area contributed by atoms with Gasteiger partial charge in [-0.15, -0.1) is 11.3 Å². The number of amides is 1. The Morgan fingerprint density at radius 1 is 1.04 bits per heavy atom. The van der Waals surface area contributed by atoms with Crippen LogP contribution in [-0.4, -0.2) is 34.4 Å². The third kappa shape index (κ3) is 5.50. The van der Waals surface area contributed by atoms with Crippen molar-refractivity contribution in [2.45, 2.75) is 12.5 Å². The minimum Gasteiger partial charge on any atom is -0.394 e. The molecule has 0 aliphatic carbocycles. The molecule has 1 heterocycles. The van der Waals surface area contributed by atoms with Crippen molar-refractivity contribution in [3.8, 4) is 11.3 Å². The summed E-state index contributed by atoms with van der Waals surface area (Å²) in [5.74, 6) is -0.659. The van der Waals surface area contributed by atoms with E-state index in [1.54, 1.807) is 30.3 Å². The van der Waals surface area contributed by atoms with Crippen molar-refractivity contribution >= 4 is 36.5 Å². The summed E-state index contributed by atoms with van der Waals surface area (Å²) in [5, 5.41) is 14.6. The van der Waals surface area contributed by atoms with E-state index in [1.807, 2.05) is 35.7 Å². The van der Waals surface area contributed by atoms with Gasteiger partial charge in [0.2, 0.25) is 0 Å². The summed E-state index contributed by atoms with van der Waals surface area (Å²) in [7, 11) is 0. The minimum absolute atomic E-state index is 0. The molecule has 0 spiro atoms. The van der Waals surface area contributed by atoms with Crippen molar-refractivity contribution < 1.29 is 14.7 Å². The van der Waals surface area contributed by atoms with Crippen molar-refractivity contribution in [3.05, 3.63) is 76.6 Å². The van der Waals surface area contributed by atoms with Gasteiger partial charge in [-0.05, 0) is 12.1 Å². The number of carbonyl (C=O) groups excluding carboxylic acids is 2. The van der Waals surface area contributed by atoms with E-state index >= 15 is 0 Å². The zero-order chi connectivity index (χ0) is 18.4. The average molecular weight is 401 g/mol. The van der Waals surface area contributed by atoms with E-state index in [0.717, 1.165) is 11.3 Å². The summed E-state index contributed by atoms with van der Waals surface area (Å²) in [5.41, 5.74) is 2.24. The van der Waals surface area contributed by atoms with Gasteiger partial charge >= 0.3 is 0 Å². The molecule has 0 saturated carbocycles. The van der Waals surface area contributed by atoms with Crippen LogP contribution in [0.25, 0.3) is 11.3 Å². The van der Waals surface area contributed by atoms with E-state index in [4.69, 9.17) is 0 Å². The molecule has 0 fully saturated rings. The van der Waals surface area contributed by atoms with Crippen LogP contribution in [0, 0.1) is 0 Å². The second-order valence-corrected chi connectivity index (χ2v) is 6.65. The topological polar surface area (TPSA) is 79.3 Å². The standard InChI is InChI=1S/C20H18N2O3S.H2S/c23-12-16(22-20(25)15-9-5-2-6-10-15)18(24)11-19-21-17(13-26-19)14-7-3-1-4-8-14;/h1-10,13,16,23H,11-12H2,(H,22,25);1H2/t16-;/m0./s1. The number of nitrogens with one attached hydrogen (secondary N) is 1. The van der Waals surface area contributed by atoms with Gasteiger partial charge < -0.3 is 10.4 Å². The largest absolute Gasteiger partial charge is 0.394 e. The normalized spacial score (nSPS) is 11.3. The SMILES string of the molecule is O=C(N[C@@H](CO)C(=O)Cc1nc(-c2ccccc2)cs1)c1ccccc1.S. The molecule has 3 aromatic rings. The maximum atomic E-state index is 12.4. The number of hydrogen-bond donors (Lipinski definition) is 2. The van der Waals surface area contributed by atoms with E-state index in [1.165, 1.54) is 11.3 Å². The van der Waals surface area contributed by atoms with Crippen LogP contribution in [0.15, 0.2) is 66.0 Å². The van der Waals surface area contributed by atoms with Gasteiger partial charge in [-0.1, -0.05) is 48.5 Å². The highest BCUT2D eigenvalue weighted by Crippen LogP contribution is 2.22. The molecule has 0 radical (unpaired) electrons. The lowest BCUT2D eigenvalue weighted by Gasteiger charge is -2.14. The van der Waals surface area contributed by atoms with Gasteiger partial charge in [-0.25, -0.2) is 4.98 Å². The van der Waals surface area contributed by atoms with E-state index in [9.17, 15) is 14.7 Å². The van der Waals surface area contributed by atoms with Gasteiger partial charge in [0.15, 0.2) is 5.78 Å². The minimum atomic E-state index is -0.952. The van der Waals surface area contributed by atoms with Crippen molar-refractivity contribution in [3.63, 3.8) is 0 Å². The second-order valence-electron chi connectivity index (χ2n) is 5.71. The molecule has 1 atom stereocenters. The predicted molar refractivity (Wildman–Crippen MR) is 111 cm³/mol. The molecule has 7 heteroatoms. The van der Waals surface area contributed by atoms with Crippen molar-refractivity contribution in [1.29, 1.82) is 0 Å². The number of aromatic nitrogens is 1. The molecular formula is C20H20N2O3S2. The van der Waals surface area contributed by atoms with Crippen LogP contribution >= 0.6 is 24.8 Å². The molecule has 27 heavy (non-hydrogen) atoms. The lowest BCUT2D eigenvalue weighted by atomic mass is 10.1. The number of rotatable bonds is 7. The quantitative estimate of drug-likeness (QED) is 0.639. The first-order valence-electron chi connectivity index (χ1n) is 8.16. The third-order valence-electron chi connectivity index (χ3n) is 3.86.